The second kappa shape index (κ2) is 7.94. The van der Waals surface area contributed by atoms with Gasteiger partial charge in [0.05, 0.1) is 6.54 Å². The first-order chi connectivity index (χ1) is 15.2. The lowest BCUT2D eigenvalue weighted by Crippen LogP contribution is -2.26. The largest absolute Gasteiger partial charge is 0.362 e. The molecule has 31 heavy (non-hydrogen) atoms. The molecular formula is C22H19N7O2. The topological polar surface area (TPSA) is 115 Å². The second-order valence-electron chi connectivity index (χ2n) is 7.20. The Bertz CT molecular complexity index is 1390. The highest BCUT2D eigenvalue weighted by Gasteiger charge is 2.15. The van der Waals surface area contributed by atoms with E-state index in [2.05, 4.69) is 37.7 Å². The first-order valence-corrected chi connectivity index (χ1v) is 10.0. The lowest BCUT2D eigenvalue weighted by Gasteiger charge is -2.12. The highest BCUT2D eigenvalue weighted by molar-refractivity contribution is 5.80. The fourth-order valence-corrected chi connectivity index (χ4v) is 3.66. The van der Waals surface area contributed by atoms with Gasteiger partial charge in [-0.05, 0) is 28.3 Å². The van der Waals surface area contributed by atoms with E-state index < -0.39 is 0 Å². The highest BCUT2D eigenvalue weighted by Crippen LogP contribution is 2.29. The van der Waals surface area contributed by atoms with Gasteiger partial charge in [-0.3, -0.25) is 9.36 Å². The molecule has 0 aliphatic carbocycles. The molecule has 0 saturated carbocycles. The van der Waals surface area contributed by atoms with Crippen LogP contribution in [0.3, 0.4) is 0 Å². The summed E-state index contributed by atoms with van der Waals surface area (Å²) in [5, 5.41) is 18.2. The summed E-state index contributed by atoms with van der Waals surface area (Å²) in [5.41, 5.74) is 4.48. The molecule has 0 atom stereocenters. The summed E-state index contributed by atoms with van der Waals surface area (Å²) in [6.07, 6.45) is 3.00. The molecule has 0 aliphatic rings. The normalized spacial score (nSPS) is 11.3. The summed E-state index contributed by atoms with van der Waals surface area (Å²) in [5.74, 6) is 1.28. The number of aryl methyl sites for hydroxylation is 1. The molecular weight excluding hydrogens is 394 g/mol. The van der Waals surface area contributed by atoms with Crippen molar-refractivity contribution in [1.29, 1.82) is 0 Å². The lowest BCUT2D eigenvalue weighted by molar-refractivity contribution is 0.427. The summed E-state index contributed by atoms with van der Waals surface area (Å²) in [4.78, 5) is 17.5. The zero-order valence-electron chi connectivity index (χ0n) is 16.8. The number of aromatic amines is 1. The fraction of sp³-hybridized carbons (Fsp3) is 0.182. The molecule has 0 spiro atoms. The summed E-state index contributed by atoms with van der Waals surface area (Å²) in [7, 11) is 0. The van der Waals surface area contributed by atoms with Crippen molar-refractivity contribution in [3.05, 3.63) is 76.5 Å². The number of nitrogens with zero attached hydrogens (tertiary/aromatic N) is 6. The number of rotatable bonds is 6. The number of benzene rings is 2. The average Bonchev–Trinajstić information content (AvgIpc) is 3.49. The third-order valence-corrected chi connectivity index (χ3v) is 5.15. The minimum atomic E-state index is -0.186. The van der Waals surface area contributed by atoms with Crippen LogP contribution in [0.15, 0.2) is 64.1 Å². The number of H-pyrrole nitrogens is 1. The van der Waals surface area contributed by atoms with E-state index >= 15 is 0 Å². The quantitative estimate of drug-likeness (QED) is 0.454. The smallest absolute Gasteiger partial charge is 0.283 e. The van der Waals surface area contributed by atoms with E-state index in [4.69, 9.17) is 4.52 Å². The van der Waals surface area contributed by atoms with E-state index in [0.29, 0.717) is 24.3 Å². The summed E-state index contributed by atoms with van der Waals surface area (Å²) < 4.78 is 6.63. The third-order valence-electron chi connectivity index (χ3n) is 5.15. The van der Waals surface area contributed by atoms with Crippen LogP contribution >= 0.6 is 0 Å². The molecule has 3 aromatic heterocycles. The molecule has 9 heteroatoms. The van der Waals surface area contributed by atoms with Gasteiger partial charge in [0, 0.05) is 12.0 Å². The molecule has 3 heterocycles. The summed E-state index contributed by atoms with van der Waals surface area (Å²) >= 11 is 0. The Labute approximate surface area is 176 Å². The van der Waals surface area contributed by atoms with Crippen molar-refractivity contribution in [3.8, 4) is 22.5 Å². The second-order valence-corrected chi connectivity index (χ2v) is 7.20. The van der Waals surface area contributed by atoms with Crippen molar-refractivity contribution >= 4 is 11.0 Å². The molecule has 1 N–H and O–H groups in total. The number of fused-ring (bicyclic) bond motifs is 1. The van der Waals surface area contributed by atoms with Gasteiger partial charge in [-0.25, -0.2) is 4.98 Å². The van der Waals surface area contributed by atoms with Gasteiger partial charge < -0.3 is 4.52 Å². The molecule has 0 bridgehead atoms. The van der Waals surface area contributed by atoms with E-state index in [0.717, 1.165) is 34.5 Å². The van der Waals surface area contributed by atoms with Crippen molar-refractivity contribution < 1.29 is 4.52 Å². The van der Waals surface area contributed by atoms with Gasteiger partial charge in [0.1, 0.15) is 17.6 Å². The van der Waals surface area contributed by atoms with Crippen LogP contribution in [-0.4, -0.2) is 35.3 Å². The number of tetrazole rings is 1. The van der Waals surface area contributed by atoms with Crippen LogP contribution in [0, 0.1) is 0 Å². The number of hydrogen-bond donors (Lipinski definition) is 1. The molecule has 0 amide bonds. The molecule has 0 aliphatic heterocycles. The summed E-state index contributed by atoms with van der Waals surface area (Å²) in [6, 6.07) is 16.0. The van der Waals surface area contributed by atoms with E-state index in [9.17, 15) is 4.79 Å². The van der Waals surface area contributed by atoms with Crippen LogP contribution < -0.4 is 5.56 Å². The van der Waals surface area contributed by atoms with Crippen LogP contribution in [-0.2, 0) is 13.0 Å². The van der Waals surface area contributed by atoms with Crippen LogP contribution in [0.25, 0.3) is 33.5 Å². The maximum absolute atomic E-state index is 12.9. The van der Waals surface area contributed by atoms with Gasteiger partial charge in [-0.1, -0.05) is 60.6 Å². The van der Waals surface area contributed by atoms with Crippen LogP contribution in [0.1, 0.15) is 24.7 Å². The SMILES string of the molecule is CCCc1nc2conc2c(=O)n1Cc1ccc(-c2ccccc2-c2nn[nH]n2)cc1. The molecule has 0 fully saturated rings. The molecule has 9 nitrogen and oxygen atoms in total. The van der Waals surface area contributed by atoms with Crippen LogP contribution in [0.5, 0.6) is 0 Å². The predicted molar refractivity (Wildman–Crippen MR) is 114 cm³/mol. The average molecular weight is 413 g/mol. The molecule has 5 aromatic rings. The van der Waals surface area contributed by atoms with Crippen molar-refractivity contribution in [1.82, 2.24) is 35.3 Å². The predicted octanol–water partition coefficient (Wildman–Crippen LogP) is 3.23. The standard InChI is InChI=1S/C22H19N7O2/c1-2-5-19-23-18-13-31-26-20(18)22(30)29(19)12-14-8-10-15(11-9-14)16-6-3-4-7-17(16)21-24-27-28-25-21/h3-4,6-11,13H,2,5,12H2,1H3,(H,24,25,27,28). The van der Waals surface area contributed by atoms with Crippen molar-refractivity contribution in [3.63, 3.8) is 0 Å². The van der Waals surface area contributed by atoms with Crippen LogP contribution in [0.4, 0.5) is 0 Å². The van der Waals surface area contributed by atoms with Gasteiger partial charge in [0.2, 0.25) is 5.82 Å². The lowest BCUT2D eigenvalue weighted by atomic mass is 9.98. The monoisotopic (exact) mass is 413 g/mol. The summed E-state index contributed by atoms with van der Waals surface area (Å²) in [6.45, 7) is 2.47. The first-order valence-electron chi connectivity index (χ1n) is 10.0. The Morgan fingerprint density at radius 3 is 2.61 bits per heavy atom. The molecule has 0 radical (unpaired) electrons. The van der Waals surface area contributed by atoms with Gasteiger partial charge >= 0.3 is 0 Å². The van der Waals surface area contributed by atoms with Crippen molar-refractivity contribution in [2.45, 2.75) is 26.3 Å². The van der Waals surface area contributed by atoms with Crippen molar-refractivity contribution in [2.75, 3.05) is 0 Å². The van der Waals surface area contributed by atoms with Gasteiger partial charge in [0.15, 0.2) is 5.52 Å². The highest BCUT2D eigenvalue weighted by atomic mass is 16.5. The number of hydrogen-bond acceptors (Lipinski definition) is 7. The van der Waals surface area contributed by atoms with Crippen molar-refractivity contribution in [2.24, 2.45) is 0 Å². The van der Waals surface area contributed by atoms with Gasteiger partial charge in [-0.2, -0.15) is 5.21 Å². The zero-order valence-corrected chi connectivity index (χ0v) is 16.8. The Balaban J connectivity index is 1.50. The zero-order chi connectivity index (χ0) is 21.2. The van der Waals surface area contributed by atoms with E-state index in [1.807, 2.05) is 48.5 Å². The van der Waals surface area contributed by atoms with Gasteiger partial charge in [0.25, 0.3) is 5.56 Å². The fourth-order valence-electron chi connectivity index (χ4n) is 3.66. The van der Waals surface area contributed by atoms with E-state index in [1.54, 1.807) is 4.57 Å². The first kappa shape index (κ1) is 18.9. The minimum absolute atomic E-state index is 0.186. The minimum Gasteiger partial charge on any atom is -0.362 e. The molecule has 2 aromatic carbocycles. The Morgan fingerprint density at radius 1 is 1.06 bits per heavy atom. The Hall–Kier alpha value is -4.14. The third kappa shape index (κ3) is 3.50. The van der Waals surface area contributed by atoms with E-state index in [1.165, 1.54) is 6.26 Å². The number of aromatic nitrogens is 7. The van der Waals surface area contributed by atoms with Crippen LogP contribution in [0.2, 0.25) is 0 Å². The van der Waals surface area contributed by atoms with E-state index in [-0.39, 0.29) is 11.1 Å². The Kier molecular flexibility index (Phi) is 4.83. The van der Waals surface area contributed by atoms with Gasteiger partial charge in [-0.15, -0.1) is 10.2 Å². The molecule has 0 unspecified atom stereocenters. The molecule has 5 rings (SSSR count). The Morgan fingerprint density at radius 2 is 1.87 bits per heavy atom. The maximum atomic E-state index is 12.9. The molecule has 154 valence electrons. The number of nitrogens with one attached hydrogen (secondary N) is 1. The molecule has 0 saturated heterocycles. The maximum Gasteiger partial charge on any atom is 0.283 e.